The molecule has 0 fully saturated rings. The first-order valence-electron chi connectivity index (χ1n) is 4.28. The summed E-state index contributed by atoms with van der Waals surface area (Å²) in [5, 5.41) is 9.49. The molecule has 0 amide bonds. The van der Waals surface area contributed by atoms with Crippen molar-refractivity contribution in [2.24, 2.45) is 0 Å². The van der Waals surface area contributed by atoms with Crippen LogP contribution in [0.2, 0.25) is 0 Å². The van der Waals surface area contributed by atoms with Gasteiger partial charge in [0.15, 0.2) is 5.82 Å². The van der Waals surface area contributed by atoms with Gasteiger partial charge in [0, 0.05) is 8.96 Å². The summed E-state index contributed by atoms with van der Waals surface area (Å²) in [6, 6.07) is 6.86. The van der Waals surface area contributed by atoms with Gasteiger partial charge in [0.1, 0.15) is 17.3 Å². The number of halogens is 2. The fourth-order valence-electron chi connectivity index (χ4n) is 1.47. The molecule has 0 spiro atoms. The molecular weight excluding hydrogens is 306 g/mol. The molecule has 2 nitrogen and oxygen atoms in total. The minimum absolute atomic E-state index is 0.250. The van der Waals surface area contributed by atoms with E-state index in [-0.39, 0.29) is 17.0 Å². The first-order chi connectivity index (χ1) is 7.11. The molecule has 4 heteroatoms. The van der Waals surface area contributed by atoms with E-state index in [0.29, 0.717) is 0 Å². The number of rotatable bonds is 0. The molecule has 1 heterocycles. The first kappa shape index (κ1) is 10.3. The van der Waals surface area contributed by atoms with Crippen LogP contribution in [-0.2, 0) is 0 Å². The number of nitrogens with zero attached hydrogens (tertiary/aromatic N) is 2. The van der Waals surface area contributed by atoms with Crippen LogP contribution in [0.25, 0.3) is 10.9 Å². The second-order valence-electron chi connectivity index (χ2n) is 3.22. The quantitative estimate of drug-likeness (QED) is 0.701. The predicted octanol–water partition coefficient (Wildman–Crippen LogP) is 3.16. The number of hydrogen-bond acceptors (Lipinski definition) is 2. The summed E-state index contributed by atoms with van der Waals surface area (Å²) in [6.07, 6.45) is 0. The summed E-state index contributed by atoms with van der Waals surface area (Å²) in [5.41, 5.74) is 1.39. The van der Waals surface area contributed by atoms with Crippen molar-refractivity contribution in [2.45, 2.75) is 6.92 Å². The zero-order valence-electron chi connectivity index (χ0n) is 7.88. The van der Waals surface area contributed by atoms with Gasteiger partial charge in [-0.05, 0) is 53.3 Å². The maximum absolute atomic E-state index is 13.6. The normalized spacial score (nSPS) is 10.3. The molecule has 2 rings (SSSR count). The third kappa shape index (κ3) is 1.79. The summed E-state index contributed by atoms with van der Waals surface area (Å²) >= 11 is 2.06. The summed E-state index contributed by atoms with van der Waals surface area (Å²) < 4.78 is 14.4. The smallest absolute Gasteiger partial charge is 0.150 e. The summed E-state index contributed by atoms with van der Waals surface area (Å²) in [4.78, 5) is 3.96. The molecule has 2 aromatic rings. The maximum Gasteiger partial charge on any atom is 0.150 e. The Hall–Kier alpha value is -1.22. The molecule has 0 saturated heterocycles. The summed E-state index contributed by atoms with van der Waals surface area (Å²) in [6.45, 7) is 1.85. The highest BCUT2D eigenvalue weighted by atomic mass is 127. The number of hydrogen-bond donors (Lipinski definition) is 0. The predicted molar refractivity (Wildman–Crippen MR) is 63.9 cm³/mol. The Bertz CT molecular complexity index is 587. The highest BCUT2D eigenvalue weighted by Gasteiger charge is 2.08. The lowest BCUT2D eigenvalue weighted by Crippen LogP contribution is -1.92. The van der Waals surface area contributed by atoms with Gasteiger partial charge < -0.3 is 0 Å². The van der Waals surface area contributed by atoms with Crippen LogP contribution in [0.5, 0.6) is 0 Å². The van der Waals surface area contributed by atoms with Gasteiger partial charge >= 0.3 is 0 Å². The Balaban J connectivity index is 2.93. The average molecular weight is 312 g/mol. The Morgan fingerprint density at radius 1 is 1.40 bits per heavy atom. The lowest BCUT2D eigenvalue weighted by atomic mass is 10.1. The number of benzene rings is 1. The van der Waals surface area contributed by atoms with E-state index in [0.717, 1.165) is 14.5 Å². The second kappa shape index (κ2) is 3.74. The van der Waals surface area contributed by atoms with Crippen molar-refractivity contribution in [3.8, 4) is 6.07 Å². The Labute approximate surface area is 99.9 Å². The molecule has 15 heavy (non-hydrogen) atoms. The van der Waals surface area contributed by atoms with Gasteiger partial charge in [-0.25, -0.2) is 9.37 Å². The van der Waals surface area contributed by atoms with Crippen LogP contribution in [0.3, 0.4) is 0 Å². The van der Waals surface area contributed by atoms with Gasteiger partial charge in [-0.1, -0.05) is 0 Å². The van der Waals surface area contributed by atoms with Crippen molar-refractivity contribution in [1.29, 1.82) is 5.26 Å². The molecular formula is C11H6FIN2. The summed E-state index contributed by atoms with van der Waals surface area (Å²) in [7, 11) is 0. The fourth-order valence-corrected chi connectivity index (χ4v) is 2.06. The molecule has 1 aromatic heterocycles. The largest absolute Gasteiger partial charge is 0.234 e. The Morgan fingerprint density at radius 3 is 2.80 bits per heavy atom. The van der Waals surface area contributed by atoms with Crippen LogP contribution in [-0.4, -0.2) is 4.98 Å². The molecule has 0 radical (unpaired) electrons. The van der Waals surface area contributed by atoms with Crippen molar-refractivity contribution in [3.05, 3.63) is 38.8 Å². The minimum Gasteiger partial charge on any atom is -0.234 e. The number of fused-ring (bicyclic) bond motifs is 1. The second-order valence-corrected chi connectivity index (χ2v) is 4.47. The molecule has 74 valence electrons. The van der Waals surface area contributed by atoms with Crippen LogP contribution in [0, 0.1) is 27.6 Å². The van der Waals surface area contributed by atoms with Gasteiger partial charge in [-0.2, -0.15) is 5.26 Å². The molecule has 1 aromatic carbocycles. The van der Waals surface area contributed by atoms with E-state index >= 15 is 0 Å². The van der Waals surface area contributed by atoms with Gasteiger partial charge in [0.05, 0.1) is 0 Å². The molecule has 0 aliphatic heterocycles. The number of aromatic nitrogens is 1. The van der Waals surface area contributed by atoms with Crippen LogP contribution in [0.4, 0.5) is 4.39 Å². The van der Waals surface area contributed by atoms with Crippen molar-refractivity contribution < 1.29 is 4.39 Å². The van der Waals surface area contributed by atoms with Crippen molar-refractivity contribution in [1.82, 2.24) is 4.98 Å². The van der Waals surface area contributed by atoms with E-state index in [9.17, 15) is 4.39 Å². The third-order valence-electron chi connectivity index (χ3n) is 2.15. The van der Waals surface area contributed by atoms with Gasteiger partial charge in [0.2, 0.25) is 0 Å². The first-order valence-corrected chi connectivity index (χ1v) is 5.36. The monoisotopic (exact) mass is 312 g/mol. The van der Waals surface area contributed by atoms with Gasteiger partial charge in [-0.15, -0.1) is 0 Å². The van der Waals surface area contributed by atoms with E-state index in [4.69, 9.17) is 5.26 Å². The van der Waals surface area contributed by atoms with Crippen LogP contribution >= 0.6 is 22.6 Å². The third-order valence-corrected chi connectivity index (χ3v) is 2.78. The van der Waals surface area contributed by atoms with E-state index in [1.54, 1.807) is 6.07 Å². The van der Waals surface area contributed by atoms with E-state index in [1.165, 1.54) is 6.07 Å². The zero-order chi connectivity index (χ0) is 11.0. The highest BCUT2D eigenvalue weighted by molar-refractivity contribution is 14.1. The average Bonchev–Trinajstić information content (AvgIpc) is 2.19. The van der Waals surface area contributed by atoms with Crippen molar-refractivity contribution in [3.63, 3.8) is 0 Å². The molecule has 0 aliphatic rings. The van der Waals surface area contributed by atoms with Gasteiger partial charge in [-0.3, -0.25) is 0 Å². The SMILES string of the molecule is Cc1cc(C#N)nc2c(F)cc(I)cc12. The molecule has 0 bridgehead atoms. The molecule has 0 saturated carbocycles. The number of aryl methyl sites for hydroxylation is 1. The number of nitriles is 1. The maximum atomic E-state index is 13.6. The molecule has 0 unspecified atom stereocenters. The van der Waals surface area contributed by atoms with E-state index in [1.807, 2.05) is 19.1 Å². The summed E-state index contributed by atoms with van der Waals surface area (Å²) in [5.74, 6) is -0.378. The van der Waals surface area contributed by atoms with Crippen molar-refractivity contribution >= 4 is 33.5 Å². The standard InChI is InChI=1S/C11H6FIN2/c1-6-2-8(5-14)15-11-9(6)3-7(13)4-10(11)12/h2-4H,1H3. The van der Waals surface area contributed by atoms with E-state index < -0.39 is 0 Å². The lowest BCUT2D eigenvalue weighted by Gasteiger charge is -2.04. The van der Waals surface area contributed by atoms with E-state index in [2.05, 4.69) is 27.6 Å². The lowest BCUT2D eigenvalue weighted by molar-refractivity contribution is 0.635. The van der Waals surface area contributed by atoms with Gasteiger partial charge in [0.25, 0.3) is 0 Å². The van der Waals surface area contributed by atoms with Crippen molar-refractivity contribution in [2.75, 3.05) is 0 Å². The van der Waals surface area contributed by atoms with Crippen LogP contribution < -0.4 is 0 Å². The molecule has 0 N–H and O–H groups in total. The fraction of sp³-hybridized carbons (Fsp3) is 0.0909. The molecule has 0 atom stereocenters. The van der Waals surface area contributed by atoms with Crippen LogP contribution in [0.15, 0.2) is 18.2 Å². The minimum atomic E-state index is -0.378. The Morgan fingerprint density at radius 2 is 2.13 bits per heavy atom. The highest BCUT2D eigenvalue weighted by Crippen LogP contribution is 2.23. The number of pyridine rings is 1. The topological polar surface area (TPSA) is 36.7 Å². The Kier molecular flexibility index (Phi) is 2.57. The zero-order valence-corrected chi connectivity index (χ0v) is 10.0. The van der Waals surface area contributed by atoms with Crippen LogP contribution in [0.1, 0.15) is 11.3 Å². The molecule has 0 aliphatic carbocycles.